The van der Waals surface area contributed by atoms with E-state index in [1.165, 1.54) is 0 Å². The van der Waals surface area contributed by atoms with Crippen molar-refractivity contribution in [1.29, 1.82) is 0 Å². The Bertz CT molecular complexity index is 731. The zero-order valence-electron chi connectivity index (χ0n) is 16.0. The van der Waals surface area contributed by atoms with Gasteiger partial charge in [0, 0.05) is 18.7 Å². The first-order valence-corrected chi connectivity index (χ1v) is 9.29. The Morgan fingerprint density at radius 2 is 2.07 bits per heavy atom. The molecule has 28 heavy (non-hydrogen) atoms. The molecule has 0 bridgehead atoms. The minimum atomic E-state index is -0.0708. The van der Waals surface area contributed by atoms with Crippen LogP contribution in [0.1, 0.15) is 49.9 Å². The number of hydrogen-bond donors (Lipinski definition) is 2. The van der Waals surface area contributed by atoms with Gasteiger partial charge in [0.25, 0.3) is 0 Å². The number of hydrogen-bond acceptors (Lipinski definition) is 4. The highest BCUT2D eigenvalue weighted by molar-refractivity contribution is 5.85. The van der Waals surface area contributed by atoms with Gasteiger partial charge < -0.3 is 15.8 Å². The minimum absolute atomic E-state index is 0. The fourth-order valence-corrected chi connectivity index (χ4v) is 3.46. The van der Waals surface area contributed by atoms with Gasteiger partial charge in [-0.3, -0.25) is 9.78 Å². The van der Waals surface area contributed by atoms with Crippen LogP contribution in [-0.4, -0.2) is 16.9 Å². The number of carbonyl (C=O) groups excluding carboxylic acids is 1. The Hall–Kier alpha value is -1.82. The predicted octanol–water partition coefficient (Wildman–Crippen LogP) is 4.20. The van der Waals surface area contributed by atoms with Crippen molar-refractivity contribution in [2.45, 2.75) is 51.3 Å². The molecule has 1 fully saturated rings. The van der Waals surface area contributed by atoms with Gasteiger partial charge >= 0.3 is 0 Å². The van der Waals surface area contributed by atoms with Crippen LogP contribution in [-0.2, 0) is 11.4 Å². The van der Waals surface area contributed by atoms with E-state index in [1.807, 2.05) is 49.4 Å². The number of nitrogens with two attached hydrogens (primary N) is 1. The predicted molar refractivity (Wildman–Crippen MR) is 116 cm³/mol. The highest BCUT2D eigenvalue weighted by Crippen LogP contribution is 2.27. The van der Waals surface area contributed by atoms with Gasteiger partial charge in [0.05, 0.1) is 11.7 Å². The molecule has 1 aliphatic carbocycles. The molecule has 1 heterocycles. The second-order valence-electron chi connectivity index (χ2n) is 7.03. The number of rotatable bonds is 7. The van der Waals surface area contributed by atoms with E-state index >= 15 is 0 Å². The second kappa shape index (κ2) is 11.9. The van der Waals surface area contributed by atoms with Crippen LogP contribution < -0.4 is 15.8 Å². The highest BCUT2D eigenvalue weighted by Gasteiger charge is 2.26. The Kier molecular flexibility index (Phi) is 10.3. The smallest absolute Gasteiger partial charge is 0.220 e. The molecule has 0 radical (unpaired) electrons. The van der Waals surface area contributed by atoms with Crippen molar-refractivity contribution in [3.8, 4) is 5.75 Å². The summed E-state index contributed by atoms with van der Waals surface area (Å²) in [5, 5.41) is 3.08. The van der Waals surface area contributed by atoms with Gasteiger partial charge in [-0.25, -0.2) is 0 Å². The van der Waals surface area contributed by atoms with Crippen molar-refractivity contribution < 1.29 is 9.53 Å². The van der Waals surface area contributed by atoms with E-state index in [-0.39, 0.29) is 42.8 Å². The molecule has 0 spiro atoms. The molecular formula is C21H29Cl2N3O2. The number of nitrogens with one attached hydrogen (secondary N) is 1. The van der Waals surface area contributed by atoms with Crippen molar-refractivity contribution in [2.75, 3.05) is 0 Å². The molecule has 3 N–H and O–H groups in total. The third-order valence-electron chi connectivity index (χ3n) is 5.01. The maximum atomic E-state index is 12.3. The zero-order valence-corrected chi connectivity index (χ0v) is 17.7. The molecule has 1 saturated carbocycles. The van der Waals surface area contributed by atoms with E-state index in [9.17, 15) is 4.79 Å². The van der Waals surface area contributed by atoms with Gasteiger partial charge in [-0.2, -0.15) is 0 Å². The summed E-state index contributed by atoms with van der Waals surface area (Å²) >= 11 is 0. The number of amides is 1. The second-order valence-corrected chi connectivity index (χ2v) is 7.03. The molecule has 1 aromatic carbocycles. The first kappa shape index (κ1) is 24.2. The van der Waals surface area contributed by atoms with E-state index in [0.717, 1.165) is 36.3 Å². The number of aromatic nitrogens is 1. The quantitative estimate of drug-likeness (QED) is 0.696. The number of benzene rings is 1. The van der Waals surface area contributed by atoms with E-state index in [1.54, 1.807) is 6.20 Å². The van der Waals surface area contributed by atoms with E-state index < -0.39 is 0 Å². The van der Waals surface area contributed by atoms with Crippen LogP contribution in [0.25, 0.3) is 0 Å². The van der Waals surface area contributed by atoms with Crippen LogP contribution >= 0.6 is 24.8 Å². The molecule has 3 atom stereocenters. The molecular weight excluding hydrogens is 397 g/mol. The zero-order chi connectivity index (χ0) is 18.4. The summed E-state index contributed by atoms with van der Waals surface area (Å²) < 4.78 is 5.82. The maximum absolute atomic E-state index is 12.3. The lowest BCUT2D eigenvalue weighted by atomic mass is 9.99. The average molecular weight is 426 g/mol. The molecule has 1 amide bonds. The molecule has 3 rings (SSSR count). The summed E-state index contributed by atoms with van der Waals surface area (Å²) in [4.78, 5) is 16.6. The summed E-state index contributed by atoms with van der Waals surface area (Å²) in [7, 11) is 0. The lowest BCUT2D eigenvalue weighted by Crippen LogP contribution is -2.32. The average Bonchev–Trinajstić information content (AvgIpc) is 3.05. The Labute approximate surface area is 179 Å². The molecule has 1 unspecified atom stereocenters. The molecule has 154 valence electrons. The van der Waals surface area contributed by atoms with Crippen molar-refractivity contribution in [3.05, 3.63) is 59.9 Å². The van der Waals surface area contributed by atoms with Gasteiger partial charge in [0.1, 0.15) is 12.4 Å². The third-order valence-corrected chi connectivity index (χ3v) is 5.01. The van der Waals surface area contributed by atoms with Gasteiger partial charge in [0.15, 0.2) is 0 Å². The van der Waals surface area contributed by atoms with E-state index in [0.29, 0.717) is 18.9 Å². The van der Waals surface area contributed by atoms with Crippen molar-refractivity contribution in [1.82, 2.24) is 10.3 Å². The number of carbonyl (C=O) groups is 1. The van der Waals surface area contributed by atoms with Crippen molar-refractivity contribution in [2.24, 2.45) is 11.7 Å². The summed E-state index contributed by atoms with van der Waals surface area (Å²) in [6.07, 6.45) is 5.48. The SMILES string of the molecule is CC(NC(=O)C[C@@H]1CCC[C@H]1N)c1cccc(OCc2ccccn2)c1.Cl.Cl. The molecule has 7 heteroatoms. The Morgan fingerprint density at radius 1 is 1.25 bits per heavy atom. The van der Waals surface area contributed by atoms with Crippen LogP contribution in [0.5, 0.6) is 5.75 Å². The lowest BCUT2D eigenvalue weighted by molar-refractivity contribution is -0.122. The van der Waals surface area contributed by atoms with Crippen LogP contribution in [0.2, 0.25) is 0 Å². The molecule has 0 saturated heterocycles. The monoisotopic (exact) mass is 425 g/mol. The molecule has 1 aliphatic rings. The topological polar surface area (TPSA) is 77.2 Å². The van der Waals surface area contributed by atoms with Gasteiger partial charge in [0.2, 0.25) is 5.91 Å². The highest BCUT2D eigenvalue weighted by atomic mass is 35.5. The lowest BCUT2D eigenvalue weighted by Gasteiger charge is -2.19. The number of nitrogens with zero attached hydrogens (tertiary/aromatic N) is 1. The Balaban J connectivity index is 0.00000196. The molecule has 2 aromatic rings. The van der Waals surface area contributed by atoms with Gasteiger partial charge in [-0.15, -0.1) is 24.8 Å². The fourth-order valence-electron chi connectivity index (χ4n) is 3.46. The normalized spacial score (nSPS) is 19.1. The minimum Gasteiger partial charge on any atom is -0.487 e. The molecule has 0 aliphatic heterocycles. The van der Waals surface area contributed by atoms with Crippen LogP contribution in [0.4, 0.5) is 0 Å². The number of ether oxygens (including phenoxy) is 1. The number of pyridine rings is 1. The van der Waals surface area contributed by atoms with Crippen molar-refractivity contribution >= 4 is 30.7 Å². The van der Waals surface area contributed by atoms with E-state index in [4.69, 9.17) is 10.5 Å². The fraction of sp³-hybridized carbons (Fsp3) is 0.429. The first-order valence-electron chi connectivity index (χ1n) is 9.29. The summed E-state index contributed by atoms with van der Waals surface area (Å²) in [5.74, 6) is 1.15. The van der Waals surface area contributed by atoms with Crippen LogP contribution in [0.3, 0.4) is 0 Å². The maximum Gasteiger partial charge on any atom is 0.220 e. The van der Waals surface area contributed by atoms with Crippen LogP contribution in [0.15, 0.2) is 48.7 Å². The summed E-state index contributed by atoms with van der Waals surface area (Å²) in [6.45, 7) is 2.41. The van der Waals surface area contributed by atoms with Crippen LogP contribution in [0, 0.1) is 5.92 Å². The Morgan fingerprint density at radius 3 is 2.75 bits per heavy atom. The van der Waals surface area contributed by atoms with Crippen molar-refractivity contribution in [3.63, 3.8) is 0 Å². The standard InChI is InChI=1S/C21H27N3O2.2ClH/c1-15(24-21(25)13-17-7-5-10-20(17)22)16-6-4-9-19(12-16)26-14-18-8-2-3-11-23-18;;/h2-4,6,8-9,11-12,15,17,20H,5,7,10,13-14,22H2,1H3,(H,24,25);2*1H/t15?,17-,20+;;/m0../s1. The third kappa shape index (κ3) is 6.97. The first-order chi connectivity index (χ1) is 12.6. The summed E-state index contributed by atoms with van der Waals surface area (Å²) in [5.41, 5.74) is 7.97. The molecule has 5 nitrogen and oxygen atoms in total. The largest absolute Gasteiger partial charge is 0.487 e. The molecule has 1 aromatic heterocycles. The van der Waals surface area contributed by atoms with Gasteiger partial charge in [-0.1, -0.05) is 24.6 Å². The van der Waals surface area contributed by atoms with Gasteiger partial charge in [-0.05, 0) is 55.5 Å². The van der Waals surface area contributed by atoms with E-state index in [2.05, 4.69) is 10.3 Å². The number of halogens is 2. The summed E-state index contributed by atoms with van der Waals surface area (Å²) in [6, 6.07) is 13.7.